The van der Waals surface area contributed by atoms with Crippen molar-refractivity contribution in [2.24, 2.45) is 0 Å². The number of aliphatic carboxylic acids is 1. The molecule has 0 saturated heterocycles. The van der Waals surface area contributed by atoms with Gasteiger partial charge in [0.25, 0.3) is 0 Å². The molecule has 0 spiro atoms. The number of hydrogen-bond donors (Lipinski definition) is 2. The molecular weight excluding hydrogens is 414 g/mol. The van der Waals surface area contributed by atoms with Crippen LogP contribution in [-0.2, 0) is 16.0 Å². The van der Waals surface area contributed by atoms with E-state index in [1.54, 1.807) is 30.3 Å². The summed E-state index contributed by atoms with van der Waals surface area (Å²) < 4.78 is 6.54. The van der Waals surface area contributed by atoms with Gasteiger partial charge in [-0.05, 0) is 37.6 Å². The normalized spacial score (nSPS) is 19.6. The predicted octanol–water partition coefficient (Wildman–Crippen LogP) is 3.43. The number of aromatic hydroxyl groups is 1. The van der Waals surface area contributed by atoms with Gasteiger partial charge in [0.15, 0.2) is 0 Å². The zero-order valence-electron chi connectivity index (χ0n) is 14.8. The van der Waals surface area contributed by atoms with Crippen LogP contribution in [-0.4, -0.2) is 34.2 Å². The minimum absolute atomic E-state index is 0.0383. The Balaban J connectivity index is 1.86. The van der Waals surface area contributed by atoms with Gasteiger partial charge in [-0.3, -0.25) is 9.59 Å². The van der Waals surface area contributed by atoms with Gasteiger partial charge >= 0.3 is 5.97 Å². The molecule has 0 saturated carbocycles. The summed E-state index contributed by atoms with van der Waals surface area (Å²) in [7, 11) is 0. The van der Waals surface area contributed by atoms with Crippen molar-refractivity contribution in [1.82, 2.24) is 0 Å². The van der Waals surface area contributed by atoms with E-state index in [0.29, 0.717) is 33.5 Å². The van der Waals surface area contributed by atoms with Crippen LogP contribution in [0, 0.1) is 0 Å². The zero-order valence-corrected chi connectivity index (χ0v) is 16.4. The molecule has 2 aromatic rings. The second-order valence-electron chi connectivity index (χ2n) is 7.48. The fraction of sp³-hybridized carbons (Fsp3) is 0.300. The van der Waals surface area contributed by atoms with Gasteiger partial charge in [-0.25, -0.2) is 0 Å². The number of carbonyl (C=O) groups is 2. The van der Waals surface area contributed by atoms with Crippen molar-refractivity contribution in [2.45, 2.75) is 31.8 Å². The number of carboxylic acid groups (broad SMARTS) is 1. The highest BCUT2D eigenvalue weighted by molar-refractivity contribution is 9.10. The summed E-state index contributed by atoms with van der Waals surface area (Å²) in [5.74, 6) is -1.66. The third-order valence-corrected chi connectivity index (χ3v) is 5.63. The number of fused-ring (bicyclic) bond motifs is 2. The first-order valence-electron chi connectivity index (χ1n) is 8.54. The number of nitrogens with zero attached hydrogens (tertiary/aromatic N) is 1. The van der Waals surface area contributed by atoms with E-state index in [-0.39, 0.29) is 17.3 Å². The molecule has 2 aliphatic rings. The van der Waals surface area contributed by atoms with Crippen molar-refractivity contribution in [3.63, 3.8) is 0 Å². The molecule has 2 N–H and O–H groups in total. The maximum Gasteiger partial charge on any atom is 0.323 e. The first-order valence-corrected chi connectivity index (χ1v) is 9.33. The summed E-state index contributed by atoms with van der Waals surface area (Å²) in [6, 6.07) is 8.63. The molecule has 1 amide bonds. The summed E-state index contributed by atoms with van der Waals surface area (Å²) in [6.07, 6.45) is 0.665. The SMILES string of the molecule is CC1(C)Cc2cc(C3C(=O)N(CC(=O)O)c4cccc(Br)c43)c(O)cc2O1. The number of halogens is 1. The lowest BCUT2D eigenvalue weighted by Crippen LogP contribution is -2.34. The largest absolute Gasteiger partial charge is 0.507 e. The molecule has 140 valence electrons. The third kappa shape index (κ3) is 2.86. The summed E-state index contributed by atoms with van der Waals surface area (Å²) in [5, 5.41) is 19.8. The Morgan fingerprint density at radius 1 is 1.37 bits per heavy atom. The summed E-state index contributed by atoms with van der Waals surface area (Å²) in [6.45, 7) is 3.50. The van der Waals surface area contributed by atoms with E-state index >= 15 is 0 Å². The van der Waals surface area contributed by atoms with Gasteiger partial charge < -0.3 is 19.8 Å². The van der Waals surface area contributed by atoms with E-state index in [4.69, 9.17) is 4.74 Å². The lowest BCUT2D eigenvalue weighted by molar-refractivity contribution is -0.136. The van der Waals surface area contributed by atoms with E-state index in [1.165, 1.54) is 4.90 Å². The van der Waals surface area contributed by atoms with Crippen LogP contribution in [0.2, 0.25) is 0 Å². The quantitative estimate of drug-likeness (QED) is 0.776. The number of ether oxygens (including phenoxy) is 1. The average Bonchev–Trinajstić information content (AvgIpc) is 3.00. The summed E-state index contributed by atoms with van der Waals surface area (Å²) in [5.41, 5.74) is 2.21. The van der Waals surface area contributed by atoms with Crippen LogP contribution >= 0.6 is 15.9 Å². The molecule has 0 aromatic heterocycles. The molecule has 0 aliphatic carbocycles. The lowest BCUT2D eigenvalue weighted by atomic mass is 9.89. The Morgan fingerprint density at radius 2 is 2.11 bits per heavy atom. The van der Waals surface area contributed by atoms with Crippen molar-refractivity contribution < 1.29 is 24.5 Å². The number of phenols is 1. The van der Waals surface area contributed by atoms with Crippen molar-refractivity contribution in [3.05, 3.63) is 51.5 Å². The number of benzene rings is 2. The van der Waals surface area contributed by atoms with Crippen molar-refractivity contribution in [2.75, 3.05) is 11.4 Å². The molecule has 0 bridgehead atoms. The number of carboxylic acids is 1. The number of phenolic OH excluding ortho intramolecular Hbond substituents is 1. The Labute approximate surface area is 164 Å². The number of rotatable bonds is 3. The van der Waals surface area contributed by atoms with Crippen LogP contribution in [0.5, 0.6) is 11.5 Å². The maximum atomic E-state index is 13.1. The highest BCUT2D eigenvalue weighted by atomic mass is 79.9. The van der Waals surface area contributed by atoms with E-state index in [0.717, 1.165) is 5.56 Å². The van der Waals surface area contributed by atoms with Gasteiger partial charge in [0.1, 0.15) is 23.6 Å². The smallest absolute Gasteiger partial charge is 0.323 e. The molecule has 4 rings (SSSR count). The highest BCUT2D eigenvalue weighted by Gasteiger charge is 2.42. The molecule has 6 nitrogen and oxygen atoms in total. The Bertz CT molecular complexity index is 985. The Hall–Kier alpha value is -2.54. The minimum atomic E-state index is -1.09. The number of amides is 1. The maximum absolute atomic E-state index is 13.1. The summed E-state index contributed by atoms with van der Waals surface area (Å²) >= 11 is 3.48. The van der Waals surface area contributed by atoms with Crippen LogP contribution in [0.25, 0.3) is 0 Å². The predicted molar refractivity (Wildman–Crippen MR) is 102 cm³/mol. The van der Waals surface area contributed by atoms with Crippen molar-refractivity contribution >= 4 is 33.5 Å². The topological polar surface area (TPSA) is 87.1 Å². The molecule has 7 heteroatoms. The van der Waals surface area contributed by atoms with E-state index in [1.807, 2.05) is 13.8 Å². The summed E-state index contributed by atoms with van der Waals surface area (Å²) in [4.78, 5) is 25.6. The van der Waals surface area contributed by atoms with Gasteiger partial charge in [-0.2, -0.15) is 0 Å². The standard InChI is InChI=1S/C20H18BrNO5/c1-20(2)8-10-6-11(14(23)7-15(10)27-20)17-18-12(21)4-3-5-13(18)22(19(17)26)9-16(24)25/h3-7,17,23H,8-9H2,1-2H3,(H,24,25). The van der Waals surface area contributed by atoms with Crippen molar-refractivity contribution in [1.29, 1.82) is 0 Å². The first-order chi connectivity index (χ1) is 12.7. The fourth-order valence-electron chi connectivity index (χ4n) is 3.92. The van der Waals surface area contributed by atoms with Gasteiger partial charge in [0, 0.05) is 33.8 Å². The van der Waals surface area contributed by atoms with Gasteiger partial charge in [-0.1, -0.05) is 22.0 Å². The average molecular weight is 432 g/mol. The van der Waals surface area contributed by atoms with Crippen LogP contribution in [0.1, 0.15) is 36.5 Å². The molecule has 27 heavy (non-hydrogen) atoms. The molecule has 1 atom stereocenters. The molecule has 1 unspecified atom stereocenters. The zero-order chi connectivity index (χ0) is 19.5. The molecule has 0 fully saturated rings. The molecule has 2 aromatic carbocycles. The Morgan fingerprint density at radius 3 is 2.81 bits per heavy atom. The van der Waals surface area contributed by atoms with Gasteiger partial charge in [0.05, 0.1) is 5.92 Å². The second kappa shape index (κ2) is 5.99. The van der Waals surface area contributed by atoms with Crippen LogP contribution < -0.4 is 9.64 Å². The second-order valence-corrected chi connectivity index (χ2v) is 8.34. The Kier molecular flexibility index (Phi) is 3.96. The number of carbonyl (C=O) groups excluding carboxylic acids is 1. The number of anilines is 1. The van der Waals surface area contributed by atoms with Gasteiger partial charge in [0.2, 0.25) is 5.91 Å². The van der Waals surface area contributed by atoms with Crippen LogP contribution in [0.15, 0.2) is 34.8 Å². The number of hydrogen-bond acceptors (Lipinski definition) is 4. The monoisotopic (exact) mass is 431 g/mol. The van der Waals surface area contributed by atoms with Crippen LogP contribution in [0.4, 0.5) is 5.69 Å². The lowest BCUT2D eigenvalue weighted by Gasteiger charge is -2.17. The van der Waals surface area contributed by atoms with Crippen molar-refractivity contribution in [3.8, 4) is 11.5 Å². The van der Waals surface area contributed by atoms with Gasteiger partial charge in [-0.15, -0.1) is 0 Å². The van der Waals surface area contributed by atoms with E-state index in [2.05, 4.69) is 15.9 Å². The molecule has 2 aliphatic heterocycles. The van der Waals surface area contributed by atoms with E-state index in [9.17, 15) is 19.8 Å². The minimum Gasteiger partial charge on any atom is -0.507 e. The fourth-order valence-corrected chi connectivity index (χ4v) is 4.51. The van der Waals surface area contributed by atoms with Crippen LogP contribution in [0.3, 0.4) is 0 Å². The molecular formula is C20H18BrNO5. The van der Waals surface area contributed by atoms with E-state index < -0.39 is 18.4 Å². The molecule has 0 radical (unpaired) electrons. The first kappa shape index (κ1) is 17.9. The third-order valence-electron chi connectivity index (χ3n) is 4.94. The highest BCUT2D eigenvalue weighted by Crippen LogP contribution is 2.49. The molecule has 2 heterocycles.